The van der Waals surface area contributed by atoms with E-state index in [2.05, 4.69) is 18.2 Å². The molecule has 156 valence electrons. The topological polar surface area (TPSA) is 54.3 Å². The molecule has 30 heavy (non-hydrogen) atoms. The lowest BCUT2D eigenvalue weighted by atomic mass is 10.1. The number of amides is 2. The molecule has 0 aromatic heterocycles. The minimum atomic E-state index is 0.0408. The Balaban J connectivity index is 1.23. The van der Waals surface area contributed by atoms with Gasteiger partial charge in [0.1, 0.15) is 12.3 Å². The number of nitrogens with zero attached hydrogens (tertiary/aromatic N) is 2. The van der Waals surface area contributed by atoms with Crippen LogP contribution in [0.4, 0.5) is 5.69 Å². The molecule has 0 bridgehead atoms. The highest BCUT2D eigenvalue weighted by Crippen LogP contribution is 2.27. The molecule has 2 amide bonds. The van der Waals surface area contributed by atoms with Crippen LogP contribution in [0.1, 0.15) is 34.3 Å². The van der Waals surface area contributed by atoms with Crippen LogP contribution in [-0.4, -0.2) is 56.0 Å². The molecule has 2 saturated heterocycles. The highest BCUT2D eigenvalue weighted by Gasteiger charge is 2.30. The van der Waals surface area contributed by atoms with E-state index < -0.39 is 0 Å². The molecule has 0 spiro atoms. The Labute approximate surface area is 177 Å². The molecule has 5 rings (SSSR count). The number of carbonyl (C=O) groups excluding carboxylic acids is 2. The summed E-state index contributed by atoms with van der Waals surface area (Å²) in [6.45, 7) is 5.82. The first-order chi connectivity index (χ1) is 14.7. The van der Waals surface area contributed by atoms with Gasteiger partial charge in [-0.2, -0.15) is 0 Å². The van der Waals surface area contributed by atoms with Gasteiger partial charge in [0.25, 0.3) is 5.91 Å². The molecule has 6 heteroatoms. The number of benzene rings is 2. The van der Waals surface area contributed by atoms with Gasteiger partial charge in [0, 0.05) is 24.9 Å². The van der Waals surface area contributed by atoms with Gasteiger partial charge >= 0.3 is 0 Å². The summed E-state index contributed by atoms with van der Waals surface area (Å²) in [7, 11) is 0. The molecule has 2 aromatic rings. The number of hydrogen-bond donors (Lipinski definition) is 1. The van der Waals surface area contributed by atoms with E-state index in [1.54, 1.807) is 4.90 Å². The van der Waals surface area contributed by atoms with Crippen molar-refractivity contribution in [2.75, 3.05) is 44.2 Å². The molecule has 3 aliphatic rings. The molecule has 3 heterocycles. The van der Waals surface area contributed by atoms with Crippen LogP contribution in [0, 0.1) is 0 Å². The molecular formula is C24H28N3O3+. The third kappa shape index (κ3) is 3.67. The van der Waals surface area contributed by atoms with Crippen molar-refractivity contribution in [2.24, 2.45) is 0 Å². The van der Waals surface area contributed by atoms with Crippen LogP contribution in [0.2, 0.25) is 0 Å². The zero-order valence-electron chi connectivity index (χ0n) is 17.2. The van der Waals surface area contributed by atoms with Gasteiger partial charge in [-0.3, -0.25) is 9.59 Å². The monoisotopic (exact) mass is 406 g/mol. The SMILES string of the molecule is O=C(c1ccccc1N1CCCC1=O)N1CC[NH+](Cc2ccc3c(c2)CCO3)CC1. The minimum Gasteiger partial charge on any atom is -0.493 e. The van der Waals surface area contributed by atoms with Crippen molar-refractivity contribution in [2.45, 2.75) is 25.8 Å². The number of rotatable bonds is 4. The number of carbonyl (C=O) groups is 2. The van der Waals surface area contributed by atoms with E-state index in [4.69, 9.17) is 4.74 Å². The summed E-state index contributed by atoms with van der Waals surface area (Å²) in [6.07, 6.45) is 2.43. The van der Waals surface area contributed by atoms with Gasteiger partial charge in [0.2, 0.25) is 5.91 Å². The Bertz CT molecular complexity index is 966. The average Bonchev–Trinajstić information content (AvgIpc) is 3.42. The number of quaternary nitrogens is 1. The van der Waals surface area contributed by atoms with Gasteiger partial charge in [0.05, 0.1) is 44.0 Å². The van der Waals surface area contributed by atoms with Crippen LogP contribution in [-0.2, 0) is 17.8 Å². The fraction of sp³-hybridized carbons (Fsp3) is 0.417. The third-order valence-corrected chi connectivity index (χ3v) is 6.46. The first-order valence-electron chi connectivity index (χ1n) is 11.0. The number of piperazine rings is 1. The van der Waals surface area contributed by atoms with Crippen molar-refractivity contribution in [3.05, 3.63) is 59.2 Å². The van der Waals surface area contributed by atoms with Crippen molar-refractivity contribution >= 4 is 17.5 Å². The Hall–Kier alpha value is -2.86. The number of hydrogen-bond acceptors (Lipinski definition) is 3. The smallest absolute Gasteiger partial charge is 0.256 e. The fourth-order valence-corrected chi connectivity index (χ4v) is 4.80. The number of nitrogens with one attached hydrogen (secondary N) is 1. The summed E-state index contributed by atoms with van der Waals surface area (Å²) in [4.78, 5) is 30.7. The van der Waals surface area contributed by atoms with Crippen LogP contribution < -0.4 is 14.5 Å². The molecule has 0 unspecified atom stereocenters. The first kappa shape index (κ1) is 19.1. The van der Waals surface area contributed by atoms with E-state index in [0.717, 1.165) is 63.6 Å². The van der Waals surface area contributed by atoms with Crippen LogP contribution in [0.5, 0.6) is 5.75 Å². The second kappa shape index (κ2) is 8.11. The van der Waals surface area contributed by atoms with E-state index in [0.29, 0.717) is 18.5 Å². The van der Waals surface area contributed by atoms with Gasteiger partial charge in [-0.15, -0.1) is 0 Å². The van der Waals surface area contributed by atoms with Gasteiger partial charge in [0.15, 0.2) is 0 Å². The summed E-state index contributed by atoms with van der Waals surface area (Å²) in [5.41, 5.74) is 4.07. The molecule has 0 aliphatic carbocycles. The zero-order chi connectivity index (χ0) is 20.5. The Morgan fingerprint density at radius 2 is 1.87 bits per heavy atom. The van der Waals surface area contributed by atoms with Crippen molar-refractivity contribution in [3.8, 4) is 5.75 Å². The molecular weight excluding hydrogens is 378 g/mol. The van der Waals surface area contributed by atoms with Gasteiger partial charge in [-0.05, 0) is 42.3 Å². The van der Waals surface area contributed by atoms with Crippen LogP contribution in [0.3, 0.4) is 0 Å². The maximum atomic E-state index is 13.2. The van der Waals surface area contributed by atoms with Crippen molar-refractivity contribution in [3.63, 3.8) is 0 Å². The Morgan fingerprint density at radius 3 is 2.67 bits per heavy atom. The molecule has 0 saturated carbocycles. The van der Waals surface area contributed by atoms with E-state index >= 15 is 0 Å². The van der Waals surface area contributed by atoms with Gasteiger partial charge < -0.3 is 19.4 Å². The number of ether oxygens (including phenoxy) is 1. The average molecular weight is 407 g/mol. The predicted molar refractivity (Wildman–Crippen MR) is 114 cm³/mol. The number of para-hydroxylation sites is 1. The summed E-state index contributed by atoms with van der Waals surface area (Å²) >= 11 is 0. The minimum absolute atomic E-state index is 0.0408. The lowest BCUT2D eigenvalue weighted by Crippen LogP contribution is -3.13. The quantitative estimate of drug-likeness (QED) is 0.833. The van der Waals surface area contributed by atoms with E-state index in [-0.39, 0.29) is 11.8 Å². The van der Waals surface area contributed by atoms with E-state index in [1.807, 2.05) is 29.2 Å². The molecule has 3 aliphatic heterocycles. The van der Waals surface area contributed by atoms with Crippen molar-refractivity contribution in [1.29, 1.82) is 0 Å². The lowest BCUT2D eigenvalue weighted by molar-refractivity contribution is -0.917. The molecule has 1 N–H and O–H groups in total. The van der Waals surface area contributed by atoms with Crippen LogP contribution in [0.15, 0.2) is 42.5 Å². The highest BCUT2D eigenvalue weighted by molar-refractivity contribution is 6.05. The summed E-state index contributed by atoms with van der Waals surface area (Å²) in [6, 6.07) is 14.1. The standard InChI is InChI=1S/C24H27N3O3/c28-23-6-3-10-27(23)21-5-2-1-4-20(21)24(29)26-13-11-25(12-14-26)17-18-7-8-22-19(16-18)9-15-30-22/h1-2,4-5,7-8,16H,3,6,9-15,17H2/p+1. The van der Waals surface area contributed by atoms with Crippen LogP contribution in [0.25, 0.3) is 0 Å². The summed E-state index contributed by atoms with van der Waals surface area (Å²) in [5.74, 6) is 1.18. The maximum absolute atomic E-state index is 13.2. The molecule has 0 atom stereocenters. The second-order valence-electron chi connectivity index (χ2n) is 8.43. The van der Waals surface area contributed by atoms with Crippen molar-refractivity contribution < 1.29 is 19.2 Å². The molecule has 0 radical (unpaired) electrons. The van der Waals surface area contributed by atoms with E-state index in [9.17, 15) is 9.59 Å². The second-order valence-corrected chi connectivity index (χ2v) is 8.43. The van der Waals surface area contributed by atoms with E-state index in [1.165, 1.54) is 16.0 Å². The van der Waals surface area contributed by atoms with Gasteiger partial charge in [-0.1, -0.05) is 12.1 Å². The summed E-state index contributed by atoms with van der Waals surface area (Å²) in [5, 5.41) is 0. The summed E-state index contributed by atoms with van der Waals surface area (Å²) < 4.78 is 5.60. The Morgan fingerprint density at radius 1 is 1.03 bits per heavy atom. The number of anilines is 1. The number of fused-ring (bicyclic) bond motifs is 1. The highest BCUT2D eigenvalue weighted by atomic mass is 16.5. The largest absolute Gasteiger partial charge is 0.493 e. The normalized spacial score (nSPS) is 19.1. The molecule has 6 nitrogen and oxygen atoms in total. The first-order valence-corrected chi connectivity index (χ1v) is 11.0. The maximum Gasteiger partial charge on any atom is 0.256 e. The third-order valence-electron chi connectivity index (χ3n) is 6.46. The lowest BCUT2D eigenvalue weighted by Gasteiger charge is -2.33. The van der Waals surface area contributed by atoms with Gasteiger partial charge in [-0.25, -0.2) is 0 Å². The molecule has 2 fully saturated rings. The Kier molecular flexibility index (Phi) is 5.17. The van der Waals surface area contributed by atoms with Crippen molar-refractivity contribution in [1.82, 2.24) is 4.90 Å². The van der Waals surface area contributed by atoms with Crippen LogP contribution >= 0.6 is 0 Å². The fourth-order valence-electron chi connectivity index (χ4n) is 4.80. The zero-order valence-corrected chi connectivity index (χ0v) is 17.2. The predicted octanol–water partition coefficient (Wildman–Crippen LogP) is 1.29. The molecule has 2 aromatic carbocycles.